The van der Waals surface area contributed by atoms with E-state index in [0.717, 1.165) is 6.42 Å². The molecule has 0 aliphatic carbocycles. The zero-order valence-corrected chi connectivity index (χ0v) is 11.4. The monoisotopic (exact) mass is 226 g/mol. The molecule has 0 aromatic rings. The third kappa shape index (κ3) is 6.65. The van der Waals surface area contributed by atoms with Gasteiger partial charge in [-0.1, -0.05) is 40.7 Å². The quantitative estimate of drug-likeness (QED) is 0.487. The van der Waals surface area contributed by atoms with E-state index in [1.165, 1.54) is 6.42 Å². The number of rotatable bonds is 7. The van der Waals surface area contributed by atoms with E-state index in [1.807, 2.05) is 0 Å². The summed E-state index contributed by atoms with van der Waals surface area (Å²) in [4.78, 5) is 11.3. The topological polar surface area (TPSA) is 26.3 Å². The molecule has 0 bridgehead atoms. The molecule has 0 spiro atoms. The van der Waals surface area contributed by atoms with Crippen LogP contribution in [0.2, 0.25) is 0 Å². The van der Waals surface area contributed by atoms with Gasteiger partial charge in [0, 0.05) is 5.57 Å². The molecule has 0 amide bonds. The molecular weight excluding hydrogens is 200 g/mol. The van der Waals surface area contributed by atoms with E-state index in [0.29, 0.717) is 29.9 Å². The third-order valence-corrected chi connectivity index (χ3v) is 2.83. The molecule has 0 radical (unpaired) electrons. The van der Waals surface area contributed by atoms with Gasteiger partial charge in [-0.15, -0.1) is 0 Å². The maximum Gasteiger partial charge on any atom is 0.333 e. The second-order valence-corrected chi connectivity index (χ2v) is 5.35. The molecule has 0 saturated heterocycles. The maximum atomic E-state index is 11.3. The summed E-state index contributed by atoms with van der Waals surface area (Å²) in [5, 5.41) is 0. The van der Waals surface area contributed by atoms with Crippen molar-refractivity contribution < 1.29 is 9.53 Å². The summed E-state index contributed by atoms with van der Waals surface area (Å²) < 4.78 is 5.22. The lowest BCUT2D eigenvalue weighted by Gasteiger charge is -2.21. The largest absolute Gasteiger partial charge is 0.462 e. The molecule has 0 aliphatic heterocycles. The molecule has 0 fully saturated rings. The van der Waals surface area contributed by atoms with Crippen molar-refractivity contribution in [3.63, 3.8) is 0 Å². The minimum Gasteiger partial charge on any atom is -0.462 e. The van der Waals surface area contributed by atoms with Crippen LogP contribution in [0.5, 0.6) is 0 Å². The van der Waals surface area contributed by atoms with E-state index in [-0.39, 0.29) is 5.97 Å². The molecule has 1 unspecified atom stereocenters. The highest BCUT2D eigenvalue weighted by Gasteiger charge is 2.16. The van der Waals surface area contributed by atoms with Crippen LogP contribution in [0.1, 0.15) is 47.5 Å². The van der Waals surface area contributed by atoms with Crippen LogP contribution in [-0.4, -0.2) is 12.6 Å². The van der Waals surface area contributed by atoms with Crippen LogP contribution in [0.4, 0.5) is 0 Å². The Morgan fingerprint density at radius 2 is 1.75 bits per heavy atom. The normalized spacial score (nSPS) is 12.9. The van der Waals surface area contributed by atoms with Gasteiger partial charge in [0.25, 0.3) is 0 Å². The molecule has 0 heterocycles. The van der Waals surface area contributed by atoms with Gasteiger partial charge in [0.05, 0.1) is 6.61 Å². The Balaban J connectivity index is 4.04. The Morgan fingerprint density at radius 3 is 2.12 bits per heavy atom. The fourth-order valence-corrected chi connectivity index (χ4v) is 1.46. The maximum absolute atomic E-state index is 11.3. The first-order chi connectivity index (χ1) is 7.34. The van der Waals surface area contributed by atoms with Gasteiger partial charge in [-0.3, -0.25) is 0 Å². The molecule has 0 saturated carbocycles. The van der Waals surface area contributed by atoms with Crippen molar-refractivity contribution in [1.82, 2.24) is 0 Å². The summed E-state index contributed by atoms with van der Waals surface area (Å²) in [7, 11) is 0. The Labute approximate surface area is 100 Å². The van der Waals surface area contributed by atoms with Crippen LogP contribution in [0, 0.1) is 17.8 Å². The SMILES string of the molecule is C=C(C)C(=O)OCC(CCC(C)C)C(C)C. The zero-order chi connectivity index (χ0) is 12.7. The van der Waals surface area contributed by atoms with Gasteiger partial charge in [-0.2, -0.15) is 0 Å². The number of hydrogen-bond donors (Lipinski definition) is 0. The molecule has 0 N–H and O–H groups in total. The summed E-state index contributed by atoms with van der Waals surface area (Å²) in [6.07, 6.45) is 2.31. The van der Waals surface area contributed by atoms with Gasteiger partial charge in [-0.05, 0) is 31.1 Å². The van der Waals surface area contributed by atoms with E-state index < -0.39 is 0 Å². The first kappa shape index (κ1) is 15.2. The summed E-state index contributed by atoms with van der Waals surface area (Å²) in [6.45, 7) is 14.6. The lowest BCUT2D eigenvalue weighted by atomic mass is 9.89. The summed E-state index contributed by atoms with van der Waals surface area (Å²) in [5.74, 6) is 1.45. The van der Waals surface area contributed by atoms with Crippen LogP contribution < -0.4 is 0 Å². The Hall–Kier alpha value is -0.790. The molecular formula is C14H26O2. The number of carbonyl (C=O) groups is 1. The molecule has 2 heteroatoms. The zero-order valence-electron chi connectivity index (χ0n) is 11.4. The van der Waals surface area contributed by atoms with E-state index in [4.69, 9.17) is 4.74 Å². The van der Waals surface area contributed by atoms with Crippen molar-refractivity contribution in [2.45, 2.75) is 47.5 Å². The summed E-state index contributed by atoms with van der Waals surface area (Å²) in [6, 6.07) is 0. The number of ether oxygens (including phenoxy) is 1. The highest BCUT2D eigenvalue weighted by molar-refractivity contribution is 5.86. The van der Waals surface area contributed by atoms with Crippen LogP contribution >= 0.6 is 0 Å². The van der Waals surface area contributed by atoms with Gasteiger partial charge >= 0.3 is 5.97 Å². The molecule has 0 aromatic carbocycles. The van der Waals surface area contributed by atoms with Crippen molar-refractivity contribution in [3.8, 4) is 0 Å². The van der Waals surface area contributed by atoms with E-state index >= 15 is 0 Å². The molecule has 0 aromatic heterocycles. The third-order valence-electron chi connectivity index (χ3n) is 2.83. The predicted octanol–water partition coefficient (Wildman–Crippen LogP) is 3.81. The molecule has 0 rings (SSSR count). The highest BCUT2D eigenvalue weighted by Crippen LogP contribution is 2.20. The second kappa shape index (κ2) is 7.48. The smallest absolute Gasteiger partial charge is 0.333 e. The van der Waals surface area contributed by atoms with Crippen molar-refractivity contribution in [1.29, 1.82) is 0 Å². The summed E-state index contributed by atoms with van der Waals surface area (Å²) in [5.41, 5.74) is 0.478. The lowest BCUT2D eigenvalue weighted by Crippen LogP contribution is -2.19. The van der Waals surface area contributed by atoms with Crippen LogP contribution in [0.15, 0.2) is 12.2 Å². The van der Waals surface area contributed by atoms with Crippen LogP contribution in [-0.2, 0) is 9.53 Å². The van der Waals surface area contributed by atoms with Crippen molar-refractivity contribution in [2.24, 2.45) is 17.8 Å². The molecule has 16 heavy (non-hydrogen) atoms. The van der Waals surface area contributed by atoms with E-state index in [9.17, 15) is 4.79 Å². The first-order valence-corrected chi connectivity index (χ1v) is 6.17. The van der Waals surface area contributed by atoms with E-state index in [2.05, 4.69) is 34.3 Å². The average Bonchev–Trinajstić information content (AvgIpc) is 2.15. The predicted molar refractivity (Wildman–Crippen MR) is 68.2 cm³/mol. The highest BCUT2D eigenvalue weighted by atomic mass is 16.5. The van der Waals surface area contributed by atoms with Gasteiger partial charge < -0.3 is 4.74 Å². The molecule has 2 nitrogen and oxygen atoms in total. The van der Waals surface area contributed by atoms with Gasteiger partial charge in [0.15, 0.2) is 0 Å². The average molecular weight is 226 g/mol. The van der Waals surface area contributed by atoms with Crippen molar-refractivity contribution in [3.05, 3.63) is 12.2 Å². The van der Waals surface area contributed by atoms with Crippen molar-refractivity contribution >= 4 is 5.97 Å². The van der Waals surface area contributed by atoms with E-state index in [1.54, 1.807) is 6.92 Å². The standard InChI is InChI=1S/C14H26O2/c1-10(2)7-8-13(11(3)4)9-16-14(15)12(5)6/h10-11,13H,5,7-9H2,1-4,6H3. The minimum absolute atomic E-state index is 0.268. The number of carbonyl (C=O) groups excluding carboxylic acids is 1. The molecule has 1 atom stereocenters. The molecule has 0 aliphatic rings. The first-order valence-electron chi connectivity index (χ1n) is 6.17. The Bertz CT molecular complexity index is 229. The van der Waals surface area contributed by atoms with Crippen LogP contribution in [0.3, 0.4) is 0 Å². The minimum atomic E-state index is -0.268. The second-order valence-electron chi connectivity index (χ2n) is 5.35. The van der Waals surface area contributed by atoms with Gasteiger partial charge in [-0.25, -0.2) is 4.79 Å². The fraction of sp³-hybridized carbons (Fsp3) is 0.786. The van der Waals surface area contributed by atoms with Crippen molar-refractivity contribution in [2.75, 3.05) is 6.61 Å². The number of esters is 1. The Morgan fingerprint density at radius 1 is 1.19 bits per heavy atom. The van der Waals surface area contributed by atoms with Gasteiger partial charge in [0.2, 0.25) is 0 Å². The molecule has 94 valence electrons. The van der Waals surface area contributed by atoms with Crippen LogP contribution in [0.25, 0.3) is 0 Å². The summed E-state index contributed by atoms with van der Waals surface area (Å²) >= 11 is 0. The Kier molecular flexibility index (Phi) is 7.11. The lowest BCUT2D eigenvalue weighted by molar-refractivity contribution is -0.140. The number of hydrogen-bond acceptors (Lipinski definition) is 2. The van der Waals surface area contributed by atoms with Gasteiger partial charge in [0.1, 0.15) is 0 Å². The fourth-order valence-electron chi connectivity index (χ4n) is 1.46.